The summed E-state index contributed by atoms with van der Waals surface area (Å²) in [7, 11) is -2.53. The fraction of sp³-hybridized carbons (Fsp3) is 0.304. The van der Waals surface area contributed by atoms with Crippen LogP contribution in [0.25, 0.3) is 10.9 Å². The van der Waals surface area contributed by atoms with Crippen LogP contribution in [0.5, 0.6) is 5.75 Å². The van der Waals surface area contributed by atoms with Crippen molar-refractivity contribution in [3.05, 3.63) is 65.9 Å². The summed E-state index contributed by atoms with van der Waals surface area (Å²) in [6.45, 7) is 3.00. The lowest BCUT2D eigenvalue weighted by atomic mass is 9.90. The van der Waals surface area contributed by atoms with Crippen molar-refractivity contribution in [1.29, 1.82) is 0 Å². The lowest BCUT2D eigenvalue weighted by molar-refractivity contribution is -0.142. The van der Waals surface area contributed by atoms with E-state index in [0.29, 0.717) is 25.4 Å². The maximum Gasteiger partial charge on any atom is 0.307 e. The van der Waals surface area contributed by atoms with E-state index in [-0.39, 0.29) is 11.3 Å². The molecule has 1 aromatic heterocycles. The van der Waals surface area contributed by atoms with Crippen molar-refractivity contribution in [2.24, 2.45) is 0 Å². The average Bonchev–Trinajstić information content (AvgIpc) is 2.75. The summed E-state index contributed by atoms with van der Waals surface area (Å²) >= 11 is 0. The largest absolute Gasteiger partial charge is 0.489 e. The number of benzene rings is 2. The summed E-state index contributed by atoms with van der Waals surface area (Å²) in [6, 6.07) is 16.1. The summed E-state index contributed by atoms with van der Waals surface area (Å²) in [5.74, 6) is 0.0916. The zero-order valence-electron chi connectivity index (χ0n) is 17.9. The van der Waals surface area contributed by atoms with E-state index in [1.54, 1.807) is 12.1 Å². The second-order valence-corrected chi connectivity index (χ2v) is 9.62. The second kappa shape index (κ2) is 8.85. The number of nitrogens with one attached hydrogen (secondary N) is 2. The molecule has 2 heterocycles. The molecule has 1 aliphatic heterocycles. The van der Waals surface area contributed by atoms with Gasteiger partial charge in [0.25, 0.3) is 0 Å². The number of esters is 1. The Hall–Kier alpha value is -3.01. The topological polar surface area (TPSA) is 107 Å². The van der Waals surface area contributed by atoms with Crippen molar-refractivity contribution in [3.8, 4) is 5.75 Å². The Morgan fingerprint density at radius 3 is 2.53 bits per heavy atom. The fourth-order valence-corrected chi connectivity index (χ4v) is 5.14. The van der Waals surface area contributed by atoms with E-state index in [9.17, 15) is 13.2 Å². The second-order valence-electron chi connectivity index (χ2n) is 7.94. The number of pyridine rings is 1. The Balaban J connectivity index is 1.46. The molecule has 0 atom stereocenters. The van der Waals surface area contributed by atoms with Gasteiger partial charge in [0.1, 0.15) is 12.4 Å². The molecule has 0 bridgehead atoms. The highest BCUT2D eigenvalue weighted by Crippen LogP contribution is 2.24. The first-order chi connectivity index (χ1) is 15.3. The van der Waals surface area contributed by atoms with E-state index in [4.69, 9.17) is 9.47 Å². The molecule has 1 saturated heterocycles. The fourth-order valence-electron chi connectivity index (χ4n) is 3.74. The number of methoxy groups -OCH3 is 1. The molecule has 168 valence electrons. The lowest BCUT2D eigenvalue weighted by Crippen LogP contribution is -2.69. The number of ether oxygens (including phenoxy) is 2. The van der Waals surface area contributed by atoms with Gasteiger partial charge < -0.3 is 14.8 Å². The number of carbonyl (C=O) groups is 1. The highest BCUT2D eigenvalue weighted by molar-refractivity contribution is 7.89. The summed E-state index contributed by atoms with van der Waals surface area (Å²) in [5.41, 5.74) is 1.95. The van der Waals surface area contributed by atoms with Crippen LogP contribution in [0.2, 0.25) is 0 Å². The van der Waals surface area contributed by atoms with Gasteiger partial charge in [-0.3, -0.25) is 9.78 Å². The van der Waals surface area contributed by atoms with Gasteiger partial charge >= 0.3 is 5.97 Å². The van der Waals surface area contributed by atoms with E-state index in [2.05, 4.69) is 15.0 Å². The summed E-state index contributed by atoms with van der Waals surface area (Å²) in [4.78, 5) is 16.3. The van der Waals surface area contributed by atoms with Crippen LogP contribution in [0.1, 0.15) is 17.7 Å². The van der Waals surface area contributed by atoms with Gasteiger partial charge in [-0.1, -0.05) is 18.2 Å². The quantitative estimate of drug-likeness (QED) is 0.502. The zero-order valence-corrected chi connectivity index (χ0v) is 18.7. The number of aryl methyl sites for hydroxylation is 1. The molecule has 0 saturated carbocycles. The number of para-hydroxylation sites is 1. The Morgan fingerprint density at radius 1 is 1.16 bits per heavy atom. The molecule has 1 fully saturated rings. The number of aromatic nitrogens is 1. The minimum atomic E-state index is -3.81. The van der Waals surface area contributed by atoms with Crippen LogP contribution in [0.15, 0.2) is 59.5 Å². The van der Waals surface area contributed by atoms with Crippen molar-refractivity contribution in [3.63, 3.8) is 0 Å². The van der Waals surface area contributed by atoms with Gasteiger partial charge in [0.2, 0.25) is 10.0 Å². The van der Waals surface area contributed by atoms with Crippen LogP contribution < -0.4 is 14.8 Å². The molecule has 0 aliphatic carbocycles. The number of sulfonamides is 1. The van der Waals surface area contributed by atoms with Crippen molar-refractivity contribution < 1.29 is 22.7 Å². The van der Waals surface area contributed by atoms with Gasteiger partial charge in [0.15, 0.2) is 0 Å². The molecule has 9 heteroatoms. The van der Waals surface area contributed by atoms with E-state index in [0.717, 1.165) is 22.2 Å². The molecule has 0 spiro atoms. The van der Waals surface area contributed by atoms with Crippen molar-refractivity contribution >= 4 is 26.9 Å². The number of nitrogens with zero attached hydrogens (tertiary/aromatic N) is 1. The monoisotopic (exact) mass is 455 g/mol. The Morgan fingerprint density at radius 2 is 1.88 bits per heavy atom. The van der Waals surface area contributed by atoms with Crippen LogP contribution in [-0.2, 0) is 26.2 Å². The molecular formula is C23H25N3O5S. The Bertz CT molecular complexity index is 1240. The first-order valence-corrected chi connectivity index (χ1v) is 11.7. The number of rotatable bonds is 8. The molecule has 32 heavy (non-hydrogen) atoms. The predicted octanol–water partition coefficient (Wildman–Crippen LogP) is 2.31. The molecule has 4 rings (SSSR count). The van der Waals surface area contributed by atoms with Gasteiger partial charge in [-0.2, -0.15) is 0 Å². The molecule has 2 aromatic carbocycles. The van der Waals surface area contributed by atoms with Crippen LogP contribution in [-0.4, -0.2) is 45.1 Å². The van der Waals surface area contributed by atoms with Crippen LogP contribution in [0.4, 0.5) is 0 Å². The standard InChI is InChI=1S/C23H25N3O5S/c1-16-11-17(20-5-3-4-6-21(20)25-16)13-31-18-7-9-19(10-8-18)32(28,29)26-23(14-24-15-23)12-22(27)30-2/h3-11,24,26H,12-15H2,1-2H3. The van der Waals surface area contributed by atoms with Gasteiger partial charge in [-0.15, -0.1) is 0 Å². The van der Waals surface area contributed by atoms with Crippen molar-refractivity contribution in [2.45, 2.75) is 30.4 Å². The van der Waals surface area contributed by atoms with Crippen molar-refractivity contribution in [1.82, 2.24) is 15.0 Å². The average molecular weight is 456 g/mol. The van der Waals surface area contributed by atoms with Gasteiger partial charge in [0.05, 0.1) is 29.5 Å². The maximum atomic E-state index is 12.8. The molecule has 8 nitrogen and oxygen atoms in total. The van der Waals surface area contributed by atoms with Crippen molar-refractivity contribution in [2.75, 3.05) is 20.2 Å². The third-order valence-electron chi connectivity index (χ3n) is 5.45. The molecule has 3 aromatic rings. The summed E-state index contributed by atoms with van der Waals surface area (Å²) in [6.07, 6.45) is -0.0315. The van der Waals surface area contributed by atoms with Gasteiger partial charge in [-0.05, 0) is 43.3 Å². The molecule has 2 N–H and O–H groups in total. The van der Waals surface area contributed by atoms with Crippen LogP contribution in [0, 0.1) is 6.92 Å². The highest BCUT2D eigenvalue weighted by atomic mass is 32.2. The minimum Gasteiger partial charge on any atom is -0.489 e. The Labute approximate surface area is 187 Å². The maximum absolute atomic E-state index is 12.8. The third-order valence-corrected chi connectivity index (χ3v) is 7.04. The molecular weight excluding hydrogens is 430 g/mol. The lowest BCUT2D eigenvalue weighted by Gasteiger charge is -2.41. The molecule has 1 aliphatic rings. The summed E-state index contributed by atoms with van der Waals surface area (Å²) < 4.78 is 38.9. The number of hydrogen-bond donors (Lipinski definition) is 2. The van der Waals surface area contributed by atoms with E-state index < -0.39 is 21.5 Å². The third kappa shape index (κ3) is 4.74. The predicted molar refractivity (Wildman–Crippen MR) is 120 cm³/mol. The minimum absolute atomic E-state index is 0.0315. The van der Waals surface area contributed by atoms with Gasteiger partial charge in [-0.25, -0.2) is 13.1 Å². The van der Waals surface area contributed by atoms with Gasteiger partial charge in [0, 0.05) is 29.7 Å². The summed E-state index contributed by atoms with van der Waals surface area (Å²) in [5, 5.41) is 4.02. The molecule has 0 radical (unpaired) electrons. The van der Waals surface area contributed by atoms with Crippen LogP contribution in [0.3, 0.4) is 0 Å². The number of fused-ring (bicyclic) bond motifs is 1. The molecule has 0 unspecified atom stereocenters. The van der Waals surface area contributed by atoms with Crippen LogP contribution >= 0.6 is 0 Å². The highest BCUT2D eigenvalue weighted by Gasteiger charge is 2.43. The first-order valence-electron chi connectivity index (χ1n) is 10.2. The van der Waals surface area contributed by atoms with E-state index in [1.165, 1.54) is 19.2 Å². The first kappa shape index (κ1) is 22.2. The van der Waals surface area contributed by atoms with E-state index in [1.807, 2.05) is 37.3 Å². The number of carbonyl (C=O) groups excluding carboxylic acids is 1. The SMILES string of the molecule is COC(=O)CC1(NS(=O)(=O)c2ccc(OCc3cc(C)nc4ccccc34)cc2)CNC1. The Kier molecular flexibility index (Phi) is 6.14. The smallest absolute Gasteiger partial charge is 0.307 e. The molecule has 0 amide bonds. The van der Waals surface area contributed by atoms with E-state index >= 15 is 0 Å². The normalized spacial score (nSPS) is 15.2. The zero-order chi connectivity index (χ0) is 22.8. The number of hydrogen-bond acceptors (Lipinski definition) is 7.